The van der Waals surface area contributed by atoms with Crippen LogP contribution in [-0.4, -0.2) is 37.9 Å². The number of hydrogen-bond donors (Lipinski definition) is 2. The molecule has 0 bridgehead atoms. The minimum absolute atomic E-state index is 0.108. The van der Waals surface area contributed by atoms with Gasteiger partial charge in [0.15, 0.2) is 16.3 Å². The van der Waals surface area contributed by atoms with Gasteiger partial charge in [-0.3, -0.25) is 0 Å². The van der Waals surface area contributed by atoms with E-state index in [1.807, 2.05) is 0 Å². The molecule has 1 aromatic heterocycles. The van der Waals surface area contributed by atoms with Crippen molar-refractivity contribution in [3.8, 4) is 5.75 Å². The number of fused-ring (bicyclic) bond motifs is 1. The predicted octanol–water partition coefficient (Wildman–Crippen LogP) is 1.40. The lowest BCUT2D eigenvalue weighted by Gasteiger charge is -2.07. The van der Waals surface area contributed by atoms with Crippen LogP contribution in [0.1, 0.15) is 0 Å². The van der Waals surface area contributed by atoms with Gasteiger partial charge in [-0.25, -0.2) is 17.5 Å². The van der Waals surface area contributed by atoms with Gasteiger partial charge in [0.05, 0.1) is 24.4 Å². The number of nitrogens with one attached hydrogen (secondary N) is 2. The molecule has 0 saturated carbocycles. The average Bonchev–Trinajstić information content (AvgIpc) is 2.62. The molecular weight excluding hydrogens is 305 g/mol. The van der Waals surface area contributed by atoms with E-state index in [4.69, 9.17) is 17.0 Å². The maximum absolute atomic E-state index is 13.6. The van der Waals surface area contributed by atoms with Crippen molar-refractivity contribution in [2.75, 3.05) is 19.9 Å². The summed E-state index contributed by atoms with van der Waals surface area (Å²) in [6, 6.07) is 2.82. The van der Waals surface area contributed by atoms with Crippen LogP contribution in [0.2, 0.25) is 0 Å². The number of rotatable bonds is 5. The van der Waals surface area contributed by atoms with Gasteiger partial charge in [-0.2, -0.15) is 0 Å². The second kappa shape index (κ2) is 5.51. The van der Waals surface area contributed by atoms with Crippen LogP contribution in [0.3, 0.4) is 0 Å². The lowest BCUT2D eigenvalue weighted by atomic mass is 10.3. The van der Waals surface area contributed by atoms with Crippen LogP contribution in [-0.2, 0) is 16.6 Å². The summed E-state index contributed by atoms with van der Waals surface area (Å²) in [5.74, 6) is -0.381. The molecule has 6 nitrogen and oxygen atoms in total. The van der Waals surface area contributed by atoms with E-state index in [1.54, 1.807) is 4.57 Å². The van der Waals surface area contributed by atoms with Crippen LogP contribution >= 0.6 is 12.2 Å². The molecule has 0 saturated heterocycles. The van der Waals surface area contributed by atoms with Crippen LogP contribution in [0.4, 0.5) is 4.39 Å². The molecule has 0 unspecified atom stereocenters. The van der Waals surface area contributed by atoms with Gasteiger partial charge in [0, 0.05) is 25.2 Å². The Bertz CT molecular complexity index is 795. The average molecular weight is 319 g/mol. The maximum Gasteiger partial charge on any atom is 0.208 e. The molecule has 0 aliphatic carbocycles. The first-order valence-corrected chi connectivity index (χ1v) is 8.02. The van der Waals surface area contributed by atoms with Gasteiger partial charge >= 0.3 is 0 Å². The number of nitrogens with zero attached hydrogens (tertiary/aromatic N) is 1. The van der Waals surface area contributed by atoms with Crippen molar-refractivity contribution in [1.29, 1.82) is 0 Å². The molecular formula is C11H14FN3O3S2. The quantitative estimate of drug-likeness (QED) is 0.817. The Kier molecular flexibility index (Phi) is 4.11. The summed E-state index contributed by atoms with van der Waals surface area (Å²) in [4.78, 5) is 2.87. The van der Waals surface area contributed by atoms with E-state index >= 15 is 0 Å². The molecule has 0 fully saturated rings. The van der Waals surface area contributed by atoms with E-state index in [2.05, 4.69) is 9.71 Å². The van der Waals surface area contributed by atoms with Crippen molar-refractivity contribution in [1.82, 2.24) is 14.3 Å². The largest absolute Gasteiger partial charge is 0.494 e. The molecule has 110 valence electrons. The monoisotopic (exact) mass is 319 g/mol. The van der Waals surface area contributed by atoms with Crippen molar-refractivity contribution in [3.05, 3.63) is 22.7 Å². The van der Waals surface area contributed by atoms with Crippen molar-refractivity contribution >= 4 is 33.3 Å². The van der Waals surface area contributed by atoms with E-state index in [-0.39, 0.29) is 12.3 Å². The zero-order valence-corrected chi connectivity index (χ0v) is 12.6. The zero-order valence-electron chi connectivity index (χ0n) is 10.9. The zero-order chi connectivity index (χ0) is 14.9. The van der Waals surface area contributed by atoms with Crippen LogP contribution in [0.15, 0.2) is 12.1 Å². The fourth-order valence-electron chi connectivity index (χ4n) is 1.88. The number of aromatic amines is 1. The van der Waals surface area contributed by atoms with Crippen LogP contribution in [0.25, 0.3) is 11.0 Å². The first-order chi connectivity index (χ1) is 9.31. The first-order valence-electron chi connectivity index (χ1n) is 5.72. The van der Waals surface area contributed by atoms with Gasteiger partial charge in [0.1, 0.15) is 0 Å². The Balaban J connectivity index is 2.37. The molecule has 0 atom stereocenters. The topological polar surface area (TPSA) is 76.1 Å². The lowest BCUT2D eigenvalue weighted by molar-refractivity contribution is 0.387. The van der Waals surface area contributed by atoms with Gasteiger partial charge in [-0.05, 0) is 12.2 Å². The summed E-state index contributed by atoms with van der Waals surface area (Å²) in [5.41, 5.74) is 1.19. The van der Waals surface area contributed by atoms with Crippen molar-refractivity contribution in [3.63, 3.8) is 0 Å². The Morgan fingerprint density at radius 3 is 2.80 bits per heavy atom. The SMILES string of the molecule is COc1cc2c(cc1F)[nH]c(=S)n2CCNS(C)(=O)=O. The van der Waals surface area contributed by atoms with Gasteiger partial charge in [-0.15, -0.1) is 0 Å². The van der Waals surface area contributed by atoms with E-state index in [1.165, 1.54) is 19.2 Å². The van der Waals surface area contributed by atoms with Gasteiger partial charge in [-0.1, -0.05) is 0 Å². The molecule has 0 amide bonds. The summed E-state index contributed by atoms with van der Waals surface area (Å²) in [6.45, 7) is 0.528. The molecule has 1 aromatic carbocycles. The maximum atomic E-state index is 13.6. The molecule has 0 radical (unpaired) electrons. The Morgan fingerprint density at radius 2 is 2.20 bits per heavy atom. The minimum Gasteiger partial charge on any atom is -0.494 e. The number of imidazole rings is 1. The molecule has 0 aliphatic rings. The molecule has 2 rings (SSSR count). The number of aromatic nitrogens is 2. The smallest absolute Gasteiger partial charge is 0.208 e. The summed E-state index contributed by atoms with van der Waals surface area (Å²) >= 11 is 5.15. The van der Waals surface area contributed by atoms with Crippen LogP contribution in [0.5, 0.6) is 5.75 Å². The fourth-order valence-corrected chi connectivity index (χ4v) is 2.64. The molecule has 0 aliphatic heterocycles. The first kappa shape index (κ1) is 14.9. The third-order valence-electron chi connectivity index (χ3n) is 2.75. The summed E-state index contributed by atoms with van der Waals surface area (Å²) in [5, 5.41) is 0. The minimum atomic E-state index is -3.26. The molecule has 1 heterocycles. The third kappa shape index (κ3) is 3.17. The summed E-state index contributed by atoms with van der Waals surface area (Å²) < 4.78 is 45.0. The number of ether oxygens (including phenoxy) is 1. The van der Waals surface area contributed by atoms with Crippen LogP contribution in [0, 0.1) is 10.6 Å². The number of H-pyrrole nitrogens is 1. The second-order valence-corrected chi connectivity index (χ2v) is 6.47. The van der Waals surface area contributed by atoms with Crippen molar-refractivity contribution in [2.24, 2.45) is 0 Å². The van der Waals surface area contributed by atoms with Gasteiger partial charge < -0.3 is 14.3 Å². The fraction of sp³-hybridized carbons (Fsp3) is 0.364. The van der Waals surface area contributed by atoms with Gasteiger partial charge in [0.25, 0.3) is 0 Å². The van der Waals surface area contributed by atoms with Gasteiger partial charge in [0.2, 0.25) is 10.0 Å². The Hall–Kier alpha value is -1.45. The highest BCUT2D eigenvalue weighted by Crippen LogP contribution is 2.24. The summed E-state index contributed by atoms with van der Waals surface area (Å²) in [7, 11) is -1.88. The molecule has 20 heavy (non-hydrogen) atoms. The number of methoxy groups -OCH3 is 1. The second-order valence-electron chi connectivity index (χ2n) is 4.25. The Morgan fingerprint density at radius 1 is 1.50 bits per heavy atom. The summed E-state index contributed by atoms with van der Waals surface area (Å²) in [6.07, 6.45) is 1.08. The van der Waals surface area contributed by atoms with Crippen molar-refractivity contribution in [2.45, 2.75) is 6.54 Å². The predicted molar refractivity (Wildman–Crippen MR) is 76.5 cm³/mol. The van der Waals surface area contributed by atoms with Crippen LogP contribution < -0.4 is 9.46 Å². The number of hydrogen-bond acceptors (Lipinski definition) is 4. The number of benzene rings is 1. The standard InChI is InChI=1S/C11H14FN3O3S2/c1-18-10-6-9-8(5-7(10)12)14-11(19)15(9)4-3-13-20(2,16)17/h5-6,13H,3-4H2,1-2H3,(H,14,19). The highest BCUT2D eigenvalue weighted by Gasteiger charge is 2.11. The van der Waals surface area contributed by atoms with E-state index in [0.29, 0.717) is 22.3 Å². The lowest BCUT2D eigenvalue weighted by Crippen LogP contribution is -2.26. The molecule has 9 heteroatoms. The number of halogens is 1. The van der Waals surface area contributed by atoms with Crippen molar-refractivity contribution < 1.29 is 17.5 Å². The molecule has 0 spiro atoms. The third-order valence-corrected chi connectivity index (χ3v) is 3.80. The van der Waals surface area contributed by atoms with E-state index < -0.39 is 15.8 Å². The molecule has 2 aromatic rings. The normalized spacial score (nSPS) is 11.9. The Labute approximate surface area is 120 Å². The molecule has 2 N–H and O–H groups in total. The number of sulfonamides is 1. The highest BCUT2D eigenvalue weighted by molar-refractivity contribution is 7.88. The van der Waals surface area contributed by atoms with E-state index in [0.717, 1.165) is 6.26 Å². The van der Waals surface area contributed by atoms with E-state index in [9.17, 15) is 12.8 Å². The highest BCUT2D eigenvalue weighted by atomic mass is 32.2.